The Hall–Kier alpha value is -0.280. The van der Waals surface area contributed by atoms with E-state index < -0.39 is 0 Å². The summed E-state index contributed by atoms with van der Waals surface area (Å²) in [5.74, 6) is 0.954. The third-order valence-corrected chi connectivity index (χ3v) is 2.92. The number of hydrogen-bond acceptors (Lipinski definition) is 2. The van der Waals surface area contributed by atoms with Crippen LogP contribution in [0.3, 0.4) is 0 Å². The van der Waals surface area contributed by atoms with E-state index in [0.717, 1.165) is 12.3 Å². The van der Waals surface area contributed by atoms with E-state index in [0.29, 0.717) is 6.04 Å². The minimum Gasteiger partial charge on any atom is -0.354 e. The molecule has 0 saturated carbocycles. The summed E-state index contributed by atoms with van der Waals surface area (Å²) in [6.45, 7) is 6.00. The van der Waals surface area contributed by atoms with Crippen molar-refractivity contribution >= 4 is 18.3 Å². The van der Waals surface area contributed by atoms with Gasteiger partial charge in [-0.05, 0) is 51.6 Å². The highest BCUT2D eigenvalue weighted by atomic mass is 35.5. The number of carbonyl (C=O) groups excluding carboxylic acids is 1. The van der Waals surface area contributed by atoms with E-state index in [1.165, 1.54) is 32.4 Å². The maximum absolute atomic E-state index is 10.8. The molecule has 1 atom stereocenters. The lowest BCUT2D eigenvalue weighted by Gasteiger charge is -2.23. The van der Waals surface area contributed by atoms with Crippen LogP contribution in [0, 0.1) is 5.92 Å². The Morgan fingerprint density at radius 1 is 1.47 bits per heavy atom. The molecule has 1 rings (SSSR count). The van der Waals surface area contributed by atoms with Gasteiger partial charge in [0.05, 0.1) is 0 Å². The number of piperidine rings is 1. The van der Waals surface area contributed by atoms with Gasteiger partial charge in [-0.15, -0.1) is 12.4 Å². The Morgan fingerprint density at radius 2 is 2.07 bits per heavy atom. The topological polar surface area (TPSA) is 41.1 Å². The van der Waals surface area contributed by atoms with Gasteiger partial charge < -0.3 is 10.6 Å². The van der Waals surface area contributed by atoms with E-state index >= 15 is 0 Å². The quantitative estimate of drug-likeness (QED) is 0.778. The van der Waals surface area contributed by atoms with Gasteiger partial charge in [0.15, 0.2) is 0 Å². The summed E-state index contributed by atoms with van der Waals surface area (Å²) >= 11 is 0. The number of carbonyl (C=O) groups is 1. The molecule has 0 aliphatic carbocycles. The molecule has 3 nitrogen and oxygen atoms in total. The van der Waals surface area contributed by atoms with Crippen LogP contribution in [0.4, 0.5) is 0 Å². The van der Waals surface area contributed by atoms with Crippen LogP contribution in [0.2, 0.25) is 0 Å². The lowest BCUT2D eigenvalue weighted by molar-refractivity contribution is -0.119. The first-order chi connectivity index (χ1) is 6.68. The van der Waals surface area contributed by atoms with Gasteiger partial charge in [0.2, 0.25) is 5.91 Å². The van der Waals surface area contributed by atoms with Crippen molar-refractivity contribution < 1.29 is 4.79 Å². The molecule has 1 saturated heterocycles. The third-order valence-electron chi connectivity index (χ3n) is 2.92. The second-order valence-electron chi connectivity index (χ2n) is 4.37. The third kappa shape index (κ3) is 6.74. The van der Waals surface area contributed by atoms with Crippen molar-refractivity contribution in [1.29, 1.82) is 0 Å². The molecule has 0 spiro atoms. The second-order valence-corrected chi connectivity index (χ2v) is 4.37. The molecule has 15 heavy (non-hydrogen) atoms. The standard InChI is InChI=1S/C11H22N2O.ClH/c1-9(13-10(2)14)3-4-11-5-7-12-8-6-11;/h9,11-12H,3-8H2,1-2H3,(H,13,14);1H. The molecule has 0 radical (unpaired) electrons. The second kappa shape index (κ2) is 7.94. The lowest BCUT2D eigenvalue weighted by Crippen LogP contribution is -2.32. The lowest BCUT2D eigenvalue weighted by atomic mass is 9.92. The Kier molecular flexibility index (Phi) is 7.79. The monoisotopic (exact) mass is 234 g/mol. The summed E-state index contributed by atoms with van der Waals surface area (Å²) in [6, 6.07) is 0.336. The fourth-order valence-corrected chi connectivity index (χ4v) is 2.08. The van der Waals surface area contributed by atoms with Gasteiger partial charge in [-0.25, -0.2) is 0 Å². The van der Waals surface area contributed by atoms with Crippen molar-refractivity contribution in [3.8, 4) is 0 Å². The van der Waals surface area contributed by atoms with Crippen molar-refractivity contribution in [3.05, 3.63) is 0 Å². The Balaban J connectivity index is 0.00000196. The van der Waals surface area contributed by atoms with Crippen LogP contribution >= 0.6 is 12.4 Å². The van der Waals surface area contributed by atoms with Crippen LogP contribution in [0.5, 0.6) is 0 Å². The van der Waals surface area contributed by atoms with Gasteiger partial charge in [0.1, 0.15) is 0 Å². The molecule has 1 unspecified atom stereocenters. The largest absolute Gasteiger partial charge is 0.354 e. The maximum Gasteiger partial charge on any atom is 0.217 e. The number of rotatable bonds is 4. The molecule has 4 heteroatoms. The summed E-state index contributed by atoms with van der Waals surface area (Å²) in [6.07, 6.45) is 4.97. The van der Waals surface area contributed by atoms with Crippen molar-refractivity contribution in [2.45, 2.75) is 45.6 Å². The predicted octanol–water partition coefficient (Wildman–Crippen LogP) is 1.71. The molecule has 1 fully saturated rings. The summed E-state index contributed by atoms with van der Waals surface area (Å²) in [4.78, 5) is 10.8. The summed E-state index contributed by atoms with van der Waals surface area (Å²) in [5.41, 5.74) is 0. The summed E-state index contributed by atoms with van der Waals surface area (Å²) in [7, 11) is 0. The molecule has 0 aromatic heterocycles. The highest BCUT2D eigenvalue weighted by Gasteiger charge is 2.14. The number of halogens is 1. The molecule has 1 amide bonds. The normalized spacial score (nSPS) is 19.1. The van der Waals surface area contributed by atoms with Crippen molar-refractivity contribution in [2.24, 2.45) is 5.92 Å². The minimum absolute atomic E-state index is 0. The highest BCUT2D eigenvalue weighted by Crippen LogP contribution is 2.18. The smallest absolute Gasteiger partial charge is 0.217 e. The average Bonchev–Trinajstić information content (AvgIpc) is 2.15. The van der Waals surface area contributed by atoms with E-state index in [-0.39, 0.29) is 18.3 Å². The van der Waals surface area contributed by atoms with Crippen LogP contribution < -0.4 is 10.6 Å². The zero-order valence-corrected chi connectivity index (χ0v) is 10.5. The van der Waals surface area contributed by atoms with Gasteiger partial charge in [-0.3, -0.25) is 4.79 Å². The Morgan fingerprint density at radius 3 is 2.60 bits per heavy atom. The molecule has 90 valence electrons. The van der Waals surface area contributed by atoms with Crippen molar-refractivity contribution in [1.82, 2.24) is 10.6 Å². The predicted molar refractivity (Wildman–Crippen MR) is 65.4 cm³/mol. The van der Waals surface area contributed by atoms with Crippen LogP contribution in [0.25, 0.3) is 0 Å². The first-order valence-corrected chi connectivity index (χ1v) is 5.66. The zero-order chi connectivity index (χ0) is 10.4. The molecule has 0 bridgehead atoms. The number of nitrogens with one attached hydrogen (secondary N) is 2. The van der Waals surface area contributed by atoms with E-state index in [4.69, 9.17) is 0 Å². The van der Waals surface area contributed by atoms with E-state index in [1.807, 2.05) is 0 Å². The summed E-state index contributed by atoms with van der Waals surface area (Å²) < 4.78 is 0. The molecular formula is C11H23ClN2O. The first kappa shape index (κ1) is 14.7. The van der Waals surface area contributed by atoms with Crippen molar-refractivity contribution in [2.75, 3.05) is 13.1 Å². The van der Waals surface area contributed by atoms with E-state index in [1.54, 1.807) is 6.92 Å². The Labute approximate surface area is 98.8 Å². The maximum atomic E-state index is 10.8. The van der Waals surface area contributed by atoms with Crippen LogP contribution in [0.1, 0.15) is 39.5 Å². The summed E-state index contributed by atoms with van der Waals surface area (Å²) in [5, 5.41) is 6.29. The molecular weight excluding hydrogens is 212 g/mol. The van der Waals surface area contributed by atoms with Gasteiger partial charge in [0, 0.05) is 13.0 Å². The van der Waals surface area contributed by atoms with Gasteiger partial charge in [-0.2, -0.15) is 0 Å². The first-order valence-electron chi connectivity index (χ1n) is 5.66. The Bertz CT molecular complexity index is 181. The molecule has 0 aromatic rings. The van der Waals surface area contributed by atoms with Crippen LogP contribution in [-0.2, 0) is 4.79 Å². The average molecular weight is 235 g/mol. The number of amides is 1. The molecule has 2 N–H and O–H groups in total. The van der Waals surface area contributed by atoms with Crippen molar-refractivity contribution in [3.63, 3.8) is 0 Å². The molecule has 1 aliphatic rings. The fraction of sp³-hybridized carbons (Fsp3) is 0.909. The molecule has 1 heterocycles. The van der Waals surface area contributed by atoms with Crippen LogP contribution in [-0.4, -0.2) is 25.0 Å². The van der Waals surface area contributed by atoms with E-state index in [9.17, 15) is 4.79 Å². The minimum atomic E-state index is 0. The number of hydrogen-bond donors (Lipinski definition) is 2. The van der Waals surface area contributed by atoms with Gasteiger partial charge in [-0.1, -0.05) is 0 Å². The SMILES string of the molecule is CC(=O)NC(C)CCC1CCNCC1.Cl. The highest BCUT2D eigenvalue weighted by molar-refractivity contribution is 5.85. The zero-order valence-electron chi connectivity index (χ0n) is 9.71. The van der Waals surface area contributed by atoms with E-state index in [2.05, 4.69) is 17.6 Å². The van der Waals surface area contributed by atoms with Gasteiger partial charge >= 0.3 is 0 Å². The molecule has 0 aromatic carbocycles. The fourth-order valence-electron chi connectivity index (χ4n) is 2.08. The van der Waals surface area contributed by atoms with Crippen LogP contribution in [0.15, 0.2) is 0 Å². The van der Waals surface area contributed by atoms with Gasteiger partial charge in [0.25, 0.3) is 0 Å². The molecule has 1 aliphatic heterocycles.